The molecular formula is C30H29ClN2O4S. The zero-order valence-corrected chi connectivity index (χ0v) is 23.0. The largest absolute Gasteiger partial charge is 0.484 e. The molecule has 0 aliphatic heterocycles. The lowest BCUT2D eigenvalue weighted by Crippen LogP contribution is -2.30. The summed E-state index contributed by atoms with van der Waals surface area (Å²) >= 11 is 6.02. The van der Waals surface area contributed by atoms with Crippen LogP contribution in [-0.4, -0.2) is 20.9 Å². The zero-order valence-electron chi connectivity index (χ0n) is 21.4. The SMILES string of the molecule is Cc1ccc(S(=O)(=O)N(Cc2ccc(Cl)cc2)c2ccc(OCC(=O)Nc3ccc(C)cc3C)cc2)cc1. The van der Waals surface area contributed by atoms with Gasteiger partial charge in [-0.1, -0.05) is 59.1 Å². The molecule has 8 heteroatoms. The third-order valence-corrected chi connectivity index (χ3v) is 8.04. The molecule has 0 atom stereocenters. The molecule has 6 nitrogen and oxygen atoms in total. The quantitative estimate of drug-likeness (QED) is 0.253. The van der Waals surface area contributed by atoms with E-state index < -0.39 is 10.0 Å². The lowest BCUT2D eigenvalue weighted by atomic mass is 10.1. The molecule has 196 valence electrons. The van der Waals surface area contributed by atoms with Gasteiger partial charge in [-0.2, -0.15) is 0 Å². The molecular weight excluding hydrogens is 520 g/mol. The van der Waals surface area contributed by atoms with Crippen LogP contribution < -0.4 is 14.4 Å². The van der Waals surface area contributed by atoms with Crippen LogP contribution in [0.3, 0.4) is 0 Å². The topological polar surface area (TPSA) is 75.7 Å². The molecule has 0 heterocycles. The van der Waals surface area contributed by atoms with Crippen LogP contribution in [0.5, 0.6) is 5.75 Å². The number of anilines is 2. The van der Waals surface area contributed by atoms with Crippen LogP contribution in [0, 0.1) is 20.8 Å². The van der Waals surface area contributed by atoms with Gasteiger partial charge in [0.25, 0.3) is 15.9 Å². The first-order valence-electron chi connectivity index (χ1n) is 12.1. The van der Waals surface area contributed by atoms with Gasteiger partial charge >= 0.3 is 0 Å². The molecule has 0 saturated carbocycles. The van der Waals surface area contributed by atoms with Crippen molar-refractivity contribution in [3.05, 3.63) is 118 Å². The van der Waals surface area contributed by atoms with Gasteiger partial charge < -0.3 is 10.1 Å². The van der Waals surface area contributed by atoms with E-state index in [0.29, 0.717) is 16.5 Å². The van der Waals surface area contributed by atoms with Gasteiger partial charge in [0.15, 0.2) is 6.61 Å². The van der Waals surface area contributed by atoms with Crippen LogP contribution in [0.1, 0.15) is 22.3 Å². The van der Waals surface area contributed by atoms with E-state index in [-0.39, 0.29) is 24.0 Å². The van der Waals surface area contributed by atoms with Crippen molar-refractivity contribution in [2.45, 2.75) is 32.2 Å². The molecule has 38 heavy (non-hydrogen) atoms. The first-order chi connectivity index (χ1) is 18.1. The van der Waals surface area contributed by atoms with Crippen LogP contribution in [0.25, 0.3) is 0 Å². The normalized spacial score (nSPS) is 11.2. The molecule has 0 unspecified atom stereocenters. The summed E-state index contributed by atoms with van der Waals surface area (Å²) in [4.78, 5) is 12.6. The summed E-state index contributed by atoms with van der Waals surface area (Å²) in [5, 5.41) is 3.42. The zero-order chi connectivity index (χ0) is 27.3. The molecule has 0 radical (unpaired) electrons. The summed E-state index contributed by atoms with van der Waals surface area (Å²) < 4.78 is 34.3. The average Bonchev–Trinajstić information content (AvgIpc) is 2.89. The van der Waals surface area contributed by atoms with Gasteiger partial charge in [-0.25, -0.2) is 8.42 Å². The Hall–Kier alpha value is -3.81. The molecule has 0 fully saturated rings. The van der Waals surface area contributed by atoms with Crippen LogP contribution in [0.4, 0.5) is 11.4 Å². The van der Waals surface area contributed by atoms with Gasteiger partial charge in [0.2, 0.25) is 0 Å². The molecule has 0 aliphatic carbocycles. The minimum Gasteiger partial charge on any atom is -0.484 e. The summed E-state index contributed by atoms with van der Waals surface area (Å²) in [5.74, 6) is 0.163. The second-order valence-corrected chi connectivity index (χ2v) is 11.4. The molecule has 0 bridgehead atoms. The predicted molar refractivity (Wildman–Crippen MR) is 152 cm³/mol. The van der Waals surface area contributed by atoms with Gasteiger partial charge in [0, 0.05) is 10.7 Å². The maximum atomic E-state index is 13.7. The average molecular weight is 549 g/mol. The Morgan fingerprint density at radius 2 is 1.47 bits per heavy atom. The highest BCUT2D eigenvalue weighted by atomic mass is 35.5. The van der Waals surface area contributed by atoms with E-state index in [1.807, 2.05) is 39.0 Å². The third kappa shape index (κ3) is 6.73. The molecule has 0 aromatic heterocycles. The highest BCUT2D eigenvalue weighted by molar-refractivity contribution is 7.92. The van der Waals surface area contributed by atoms with Gasteiger partial charge in [0.05, 0.1) is 17.1 Å². The Morgan fingerprint density at radius 3 is 2.11 bits per heavy atom. The number of ether oxygens (including phenoxy) is 1. The number of sulfonamides is 1. The maximum absolute atomic E-state index is 13.7. The van der Waals surface area contributed by atoms with Crippen molar-refractivity contribution >= 4 is 38.9 Å². The maximum Gasteiger partial charge on any atom is 0.264 e. The Kier molecular flexibility index (Phi) is 8.39. The standard InChI is InChI=1S/C30H29ClN2O4S/c1-21-4-15-28(16-5-21)38(35,36)33(19-24-7-9-25(31)10-8-24)26-11-13-27(14-12-26)37-20-30(34)32-29-17-6-22(2)18-23(29)3/h4-18H,19-20H2,1-3H3,(H,32,34). The number of hydrogen-bond acceptors (Lipinski definition) is 4. The van der Waals surface area contributed by atoms with Gasteiger partial charge in [0.1, 0.15) is 5.75 Å². The summed E-state index contributed by atoms with van der Waals surface area (Å²) in [6.07, 6.45) is 0. The molecule has 1 amide bonds. The molecule has 0 aliphatic rings. The predicted octanol–water partition coefficient (Wildman–Crippen LogP) is 6.68. The van der Waals surface area contributed by atoms with Crippen molar-refractivity contribution in [2.75, 3.05) is 16.2 Å². The molecule has 4 aromatic rings. The fraction of sp³-hybridized carbons (Fsp3) is 0.167. The van der Waals surface area contributed by atoms with Crippen LogP contribution in [0.15, 0.2) is 95.9 Å². The number of carbonyl (C=O) groups is 1. The van der Waals surface area contributed by atoms with Gasteiger partial charge in [-0.05, 0) is 86.5 Å². The Morgan fingerprint density at radius 1 is 0.842 bits per heavy atom. The van der Waals surface area contributed by atoms with Crippen molar-refractivity contribution in [1.29, 1.82) is 0 Å². The molecule has 4 rings (SSSR count). The Labute approximate surface area is 228 Å². The molecule has 0 spiro atoms. The van der Waals surface area contributed by atoms with Crippen molar-refractivity contribution in [3.63, 3.8) is 0 Å². The van der Waals surface area contributed by atoms with E-state index in [4.69, 9.17) is 16.3 Å². The van der Waals surface area contributed by atoms with E-state index in [1.54, 1.807) is 72.8 Å². The van der Waals surface area contributed by atoms with Crippen molar-refractivity contribution in [3.8, 4) is 5.75 Å². The van der Waals surface area contributed by atoms with Gasteiger partial charge in [-0.3, -0.25) is 9.10 Å². The number of aryl methyl sites for hydroxylation is 3. The fourth-order valence-electron chi connectivity index (χ4n) is 3.91. The van der Waals surface area contributed by atoms with Crippen LogP contribution >= 0.6 is 11.6 Å². The number of rotatable bonds is 9. The summed E-state index contributed by atoms with van der Waals surface area (Å²) in [7, 11) is -3.86. The van der Waals surface area contributed by atoms with E-state index in [2.05, 4.69) is 5.32 Å². The fourth-order valence-corrected chi connectivity index (χ4v) is 5.48. The highest BCUT2D eigenvalue weighted by Crippen LogP contribution is 2.28. The summed E-state index contributed by atoms with van der Waals surface area (Å²) in [5.41, 5.74) is 5.04. The van der Waals surface area contributed by atoms with E-state index >= 15 is 0 Å². The van der Waals surface area contributed by atoms with Crippen molar-refractivity contribution in [2.24, 2.45) is 0 Å². The molecule has 1 N–H and O–H groups in total. The first-order valence-corrected chi connectivity index (χ1v) is 13.9. The minimum atomic E-state index is -3.86. The Bertz CT molecular complexity index is 1520. The number of amides is 1. The number of halogens is 1. The second-order valence-electron chi connectivity index (χ2n) is 9.10. The van der Waals surface area contributed by atoms with Crippen molar-refractivity contribution < 1.29 is 17.9 Å². The van der Waals surface area contributed by atoms with Crippen LogP contribution in [0.2, 0.25) is 5.02 Å². The monoisotopic (exact) mass is 548 g/mol. The smallest absolute Gasteiger partial charge is 0.264 e. The number of nitrogens with zero attached hydrogens (tertiary/aromatic N) is 1. The number of nitrogens with one attached hydrogen (secondary N) is 1. The number of carbonyl (C=O) groups excluding carboxylic acids is 1. The first kappa shape index (κ1) is 27.2. The highest BCUT2D eigenvalue weighted by Gasteiger charge is 2.25. The number of hydrogen-bond donors (Lipinski definition) is 1. The van der Waals surface area contributed by atoms with E-state index in [0.717, 1.165) is 27.9 Å². The molecule has 4 aromatic carbocycles. The van der Waals surface area contributed by atoms with E-state index in [9.17, 15) is 13.2 Å². The minimum absolute atomic E-state index is 0.117. The Balaban J connectivity index is 1.52. The molecule has 0 saturated heterocycles. The van der Waals surface area contributed by atoms with Gasteiger partial charge in [-0.15, -0.1) is 0 Å². The summed E-state index contributed by atoms with van der Waals surface area (Å²) in [6, 6.07) is 26.2. The second kappa shape index (κ2) is 11.7. The summed E-state index contributed by atoms with van der Waals surface area (Å²) in [6.45, 7) is 5.77. The third-order valence-electron chi connectivity index (χ3n) is 6.00. The van der Waals surface area contributed by atoms with Crippen molar-refractivity contribution in [1.82, 2.24) is 0 Å². The number of benzene rings is 4. The lowest BCUT2D eigenvalue weighted by molar-refractivity contribution is -0.118. The lowest BCUT2D eigenvalue weighted by Gasteiger charge is -2.25. The van der Waals surface area contributed by atoms with Crippen LogP contribution in [-0.2, 0) is 21.4 Å². The van der Waals surface area contributed by atoms with E-state index in [1.165, 1.54) is 4.31 Å².